The number of alkyl carbamates (subject to hydrolysis) is 1. The second-order valence-electron chi connectivity index (χ2n) is 12.2. The molecule has 0 aliphatic heterocycles. The van der Waals surface area contributed by atoms with E-state index in [9.17, 15) is 19.5 Å². The fourth-order valence-corrected chi connectivity index (χ4v) is 5.05. The Morgan fingerprint density at radius 1 is 1.02 bits per heavy atom. The maximum atomic E-state index is 14.4. The van der Waals surface area contributed by atoms with Crippen LogP contribution in [0, 0.1) is 12.8 Å². The van der Waals surface area contributed by atoms with Gasteiger partial charge in [-0.1, -0.05) is 45.4 Å². The number of nitrogens with zero attached hydrogens (tertiary/aromatic N) is 1. The molecule has 0 saturated carbocycles. The van der Waals surface area contributed by atoms with E-state index < -0.39 is 23.8 Å². The van der Waals surface area contributed by atoms with Crippen molar-refractivity contribution in [1.29, 1.82) is 0 Å². The summed E-state index contributed by atoms with van der Waals surface area (Å²) >= 11 is 1.57. The first-order chi connectivity index (χ1) is 18.6. The number of aromatic hydroxyl groups is 1. The van der Waals surface area contributed by atoms with E-state index in [1.165, 1.54) is 0 Å². The van der Waals surface area contributed by atoms with Crippen molar-refractivity contribution in [2.45, 2.75) is 124 Å². The van der Waals surface area contributed by atoms with Crippen molar-refractivity contribution < 1.29 is 24.2 Å². The molecule has 0 aromatic heterocycles. The summed E-state index contributed by atoms with van der Waals surface area (Å²) in [5.41, 5.74) is 0.254. The van der Waals surface area contributed by atoms with Crippen molar-refractivity contribution in [3.63, 3.8) is 0 Å². The highest BCUT2D eigenvalue weighted by atomic mass is 32.2. The van der Waals surface area contributed by atoms with Gasteiger partial charge in [0.1, 0.15) is 23.4 Å². The number of amides is 3. The summed E-state index contributed by atoms with van der Waals surface area (Å²) in [6, 6.07) is 2.82. The lowest BCUT2D eigenvalue weighted by Gasteiger charge is -2.39. The number of benzene rings is 1. The number of carbonyl (C=O) groups is 3. The summed E-state index contributed by atoms with van der Waals surface area (Å²) < 4.78 is 5.48. The number of phenolic OH excluding ortho intramolecular Hbond substituents is 1. The standard InChI is InChI=1S/C31H53N3O5S/c1-11-13-22(5)32-28(36)26(24-15-12-14-21(4)27(24)35)34(23(6)17-16-20(2)3)29(37)25(18-19-40-10)33-30(38)39-31(7,8)9/h12,14-15,20,22-23,25-26,35H,11,13,16-19H2,1-10H3,(H,32,36)(H,33,38). The Labute approximate surface area is 246 Å². The molecule has 40 heavy (non-hydrogen) atoms. The number of hydrogen-bond donors (Lipinski definition) is 3. The first-order valence-electron chi connectivity index (χ1n) is 14.5. The third-order valence-electron chi connectivity index (χ3n) is 6.69. The smallest absolute Gasteiger partial charge is 0.408 e. The molecule has 4 atom stereocenters. The van der Waals surface area contributed by atoms with Crippen LogP contribution in [0.15, 0.2) is 18.2 Å². The number of aryl methyl sites for hydroxylation is 1. The molecule has 0 radical (unpaired) electrons. The van der Waals surface area contributed by atoms with Crippen LogP contribution in [0.4, 0.5) is 4.79 Å². The number of rotatable bonds is 15. The topological polar surface area (TPSA) is 108 Å². The van der Waals surface area contributed by atoms with Gasteiger partial charge in [0.25, 0.3) is 0 Å². The number of para-hydroxylation sites is 1. The molecule has 9 heteroatoms. The molecule has 4 unspecified atom stereocenters. The molecule has 1 rings (SSSR count). The maximum absolute atomic E-state index is 14.4. The molecule has 0 spiro atoms. The van der Waals surface area contributed by atoms with E-state index in [0.717, 1.165) is 19.3 Å². The highest BCUT2D eigenvalue weighted by Gasteiger charge is 2.40. The van der Waals surface area contributed by atoms with Gasteiger partial charge in [-0.3, -0.25) is 9.59 Å². The van der Waals surface area contributed by atoms with Gasteiger partial charge in [0.15, 0.2) is 0 Å². The van der Waals surface area contributed by atoms with E-state index in [-0.39, 0.29) is 29.6 Å². The highest BCUT2D eigenvalue weighted by Crippen LogP contribution is 2.35. The SMILES string of the molecule is CCCC(C)NC(=O)C(c1cccc(C)c1O)N(C(=O)C(CCSC)NC(=O)OC(C)(C)C)C(C)CCC(C)C. The minimum absolute atomic E-state index is 0.0135. The molecule has 0 fully saturated rings. The molecule has 8 nitrogen and oxygen atoms in total. The number of ether oxygens (including phenoxy) is 1. The van der Waals surface area contributed by atoms with Crippen molar-refractivity contribution in [1.82, 2.24) is 15.5 Å². The number of thioether (sulfide) groups is 1. The monoisotopic (exact) mass is 579 g/mol. The van der Waals surface area contributed by atoms with Crippen LogP contribution in [0.1, 0.15) is 105 Å². The van der Waals surface area contributed by atoms with Gasteiger partial charge in [-0.2, -0.15) is 11.8 Å². The van der Waals surface area contributed by atoms with E-state index >= 15 is 0 Å². The summed E-state index contributed by atoms with van der Waals surface area (Å²) in [7, 11) is 0. The zero-order chi connectivity index (χ0) is 30.6. The van der Waals surface area contributed by atoms with Crippen LogP contribution in [0.3, 0.4) is 0 Å². The summed E-state index contributed by atoms with van der Waals surface area (Å²) in [5.74, 6) is 0.282. The zero-order valence-electron chi connectivity index (χ0n) is 26.3. The quantitative estimate of drug-likeness (QED) is 0.224. The Balaban J connectivity index is 3.70. The minimum atomic E-state index is -1.08. The van der Waals surface area contributed by atoms with Crippen molar-refractivity contribution in [3.8, 4) is 5.75 Å². The van der Waals surface area contributed by atoms with Gasteiger partial charge in [-0.15, -0.1) is 0 Å². The predicted molar refractivity (Wildman–Crippen MR) is 165 cm³/mol. The number of nitrogens with one attached hydrogen (secondary N) is 2. The molecular weight excluding hydrogens is 526 g/mol. The Hall–Kier alpha value is -2.42. The molecule has 0 bridgehead atoms. The molecule has 0 heterocycles. The van der Waals surface area contributed by atoms with Gasteiger partial charge < -0.3 is 25.4 Å². The van der Waals surface area contributed by atoms with Crippen molar-refractivity contribution in [3.05, 3.63) is 29.3 Å². The Morgan fingerprint density at radius 3 is 2.23 bits per heavy atom. The summed E-state index contributed by atoms with van der Waals surface area (Å²) in [5, 5.41) is 17.0. The normalized spacial score (nSPS) is 14.7. The molecule has 1 aromatic carbocycles. The van der Waals surface area contributed by atoms with Crippen LogP contribution >= 0.6 is 11.8 Å². The molecule has 1 aromatic rings. The Morgan fingerprint density at radius 2 is 1.68 bits per heavy atom. The minimum Gasteiger partial charge on any atom is -0.507 e. The highest BCUT2D eigenvalue weighted by molar-refractivity contribution is 7.98. The van der Waals surface area contributed by atoms with Gasteiger partial charge in [0, 0.05) is 17.6 Å². The van der Waals surface area contributed by atoms with E-state index in [4.69, 9.17) is 4.74 Å². The molecule has 0 aliphatic carbocycles. The third-order valence-corrected chi connectivity index (χ3v) is 7.34. The summed E-state index contributed by atoms with van der Waals surface area (Å²) in [6.45, 7) is 17.2. The molecule has 228 valence electrons. The second-order valence-corrected chi connectivity index (χ2v) is 13.1. The summed E-state index contributed by atoms with van der Waals surface area (Å²) in [4.78, 5) is 42.8. The van der Waals surface area contributed by atoms with Gasteiger partial charge in [-0.25, -0.2) is 4.79 Å². The Kier molecular flexibility index (Phi) is 14.9. The molecule has 3 N–H and O–H groups in total. The fraction of sp³-hybridized carbons (Fsp3) is 0.710. The van der Waals surface area contributed by atoms with Crippen molar-refractivity contribution in [2.24, 2.45) is 5.92 Å². The lowest BCUT2D eigenvalue weighted by Crippen LogP contribution is -2.56. The predicted octanol–water partition coefficient (Wildman–Crippen LogP) is 6.35. The molecule has 0 aliphatic rings. The lowest BCUT2D eigenvalue weighted by atomic mass is 9.95. The van der Waals surface area contributed by atoms with E-state index in [1.807, 2.05) is 20.1 Å². The zero-order valence-corrected chi connectivity index (χ0v) is 27.1. The molecule has 3 amide bonds. The average molecular weight is 580 g/mol. The van der Waals surface area contributed by atoms with Crippen LogP contribution in [-0.2, 0) is 14.3 Å². The number of hydrogen-bond acceptors (Lipinski definition) is 6. The van der Waals surface area contributed by atoms with Crippen LogP contribution in [0.2, 0.25) is 0 Å². The van der Waals surface area contributed by atoms with E-state index in [0.29, 0.717) is 35.6 Å². The van der Waals surface area contributed by atoms with Gasteiger partial charge in [0.2, 0.25) is 11.8 Å². The van der Waals surface area contributed by atoms with Crippen LogP contribution in [-0.4, -0.2) is 63.6 Å². The van der Waals surface area contributed by atoms with Gasteiger partial charge >= 0.3 is 6.09 Å². The first-order valence-corrected chi connectivity index (χ1v) is 15.9. The van der Waals surface area contributed by atoms with Crippen molar-refractivity contribution >= 4 is 29.7 Å². The second kappa shape index (κ2) is 16.7. The number of phenols is 1. The van der Waals surface area contributed by atoms with Crippen LogP contribution in [0.25, 0.3) is 0 Å². The average Bonchev–Trinajstić information content (AvgIpc) is 2.84. The summed E-state index contributed by atoms with van der Waals surface area (Å²) in [6.07, 6.45) is 4.81. The van der Waals surface area contributed by atoms with E-state index in [2.05, 4.69) is 31.4 Å². The number of carbonyl (C=O) groups excluding carboxylic acids is 3. The van der Waals surface area contributed by atoms with E-state index in [1.54, 1.807) is 62.6 Å². The maximum Gasteiger partial charge on any atom is 0.408 e. The molecule has 0 saturated heterocycles. The largest absolute Gasteiger partial charge is 0.507 e. The third kappa shape index (κ3) is 11.6. The lowest BCUT2D eigenvalue weighted by molar-refractivity contribution is -0.145. The van der Waals surface area contributed by atoms with Gasteiger partial charge in [0.05, 0.1) is 0 Å². The fourth-order valence-electron chi connectivity index (χ4n) is 4.58. The van der Waals surface area contributed by atoms with Crippen molar-refractivity contribution in [2.75, 3.05) is 12.0 Å². The molecular formula is C31H53N3O5S. The van der Waals surface area contributed by atoms with Crippen LogP contribution in [0.5, 0.6) is 5.75 Å². The Bertz CT molecular complexity index is 963. The van der Waals surface area contributed by atoms with Gasteiger partial charge in [-0.05, 0) is 90.7 Å². The first kappa shape index (κ1) is 35.6. The van der Waals surface area contributed by atoms with Crippen LogP contribution < -0.4 is 10.6 Å².